The van der Waals surface area contributed by atoms with Crippen LogP contribution in [0.1, 0.15) is 38.5 Å². The van der Waals surface area contributed by atoms with E-state index in [0.717, 1.165) is 32.2 Å². The van der Waals surface area contributed by atoms with Crippen LogP contribution in [0, 0.1) is 17.8 Å². The maximum Gasteiger partial charge on any atom is 0.214 e. The van der Waals surface area contributed by atoms with Crippen molar-refractivity contribution in [3.63, 3.8) is 0 Å². The Hall–Kier alpha value is 0.160. The van der Waals surface area contributed by atoms with E-state index in [1.807, 2.05) is 0 Å². The van der Waals surface area contributed by atoms with Crippen molar-refractivity contribution < 1.29 is 8.42 Å². The minimum atomic E-state index is -3.03. The third kappa shape index (κ3) is 3.09. The number of nitrogens with zero attached hydrogens (tertiary/aromatic N) is 1. The fourth-order valence-corrected chi connectivity index (χ4v) is 6.03. The van der Waals surface area contributed by atoms with Crippen LogP contribution in [0.15, 0.2) is 0 Å². The summed E-state index contributed by atoms with van der Waals surface area (Å²) < 4.78 is 26.6. The molecule has 3 atom stereocenters. The smallest absolute Gasteiger partial charge is 0.214 e. The molecule has 1 aliphatic heterocycles. The zero-order valence-corrected chi connectivity index (χ0v) is 13.0. The summed E-state index contributed by atoms with van der Waals surface area (Å²) in [5.74, 6) is 1.73. The highest BCUT2D eigenvalue weighted by Crippen LogP contribution is 2.39. The summed E-state index contributed by atoms with van der Waals surface area (Å²) in [5.41, 5.74) is 6.07. The van der Waals surface area contributed by atoms with Gasteiger partial charge in [0.25, 0.3) is 0 Å². The molecular formula is C13H25ClN2O2S. The Morgan fingerprint density at radius 1 is 1.05 bits per heavy atom. The van der Waals surface area contributed by atoms with Gasteiger partial charge in [-0.05, 0) is 43.4 Å². The Balaban J connectivity index is 0.00000133. The van der Waals surface area contributed by atoms with E-state index in [-0.39, 0.29) is 18.4 Å². The molecule has 0 amide bonds. The highest BCUT2D eigenvalue weighted by atomic mass is 35.5. The largest absolute Gasteiger partial charge is 0.327 e. The molecule has 19 heavy (non-hydrogen) atoms. The molecule has 0 radical (unpaired) electrons. The Bertz CT molecular complexity index is 409. The molecule has 2 N–H and O–H groups in total. The van der Waals surface area contributed by atoms with Gasteiger partial charge in [0.05, 0.1) is 5.75 Å². The standard InChI is InChI=1S/C13H24N2O2S.ClH/c14-13-6-5-11-7-15(8-12(11)13)18(16,17)9-10-3-1-2-4-10;/h10-13H,1-9,14H2;1H. The third-order valence-electron chi connectivity index (χ3n) is 5.19. The van der Waals surface area contributed by atoms with Crippen LogP contribution in [0.3, 0.4) is 0 Å². The van der Waals surface area contributed by atoms with Gasteiger partial charge in [0.2, 0.25) is 10.0 Å². The molecule has 6 heteroatoms. The lowest BCUT2D eigenvalue weighted by molar-refractivity contribution is 0.421. The summed E-state index contributed by atoms with van der Waals surface area (Å²) in [7, 11) is -3.03. The Labute approximate surface area is 122 Å². The molecule has 0 spiro atoms. The molecule has 0 bridgehead atoms. The van der Waals surface area contributed by atoms with E-state index >= 15 is 0 Å². The number of nitrogens with two attached hydrogens (primary N) is 1. The molecule has 3 aliphatic rings. The molecule has 0 aromatic heterocycles. The molecule has 0 aromatic carbocycles. The zero-order valence-electron chi connectivity index (χ0n) is 11.3. The maximum atomic E-state index is 12.4. The zero-order chi connectivity index (χ0) is 12.8. The number of halogens is 1. The number of rotatable bonds is 3. The minimum absolute atomic E-state index is 0. The second-order valence-corrected chi connectivity index (χ2v) is 8.42. The molecule has 2 aliphatic carbocycles. The Morgan fingerprint density at radius 2 is 1.74 bits per heavy atom. The van der Waals surface area contributed by atoms with Crippen molar-refractivity contribution in [2.24, 2.45) is 23.5 Å². The van der Waals surface area contributed by atoms with E-state index in [1.165, 1.54) is 12.8 Å². The fourth-order valence-electron chi connectivity index (χ4n) is 4.07. The van der Waals surface area contributed by atoms with Crippen molar-refractivity contribution in [1.82, 2.24) is 4.31 Å². The molecule has 3 fully saturated rings. The van der Waals surface area contributed by atoms with Crippen LogP contribution in [-0.2, 0) is 10.0 Å². The van der Waals surface area contributed by atoms with Crippen LogP contribution in [0.4, 0.5) is 0 Å². The topological polar surface area (TPSA) is 63.4 Å². The second-order valence-electron chi connectivity index (χ2n) is 6.41. The molecule has 1 saturated heterocycles. The van der Waals surface area contributed by atoms with E-state index in [0.29, 0.717) is 30.1 Å². The first kappa shape index (κ1) is 15.5. The quantitative estimate of drug-likeness (QED) is 0.861. The SMILES string of the molecule is Cl.NC1CCC2CN(S(=O)(=O)CC3CCCC3)CC12. The van der Waals surface area contributed by atoms with Gasteiger partial charge in [-0.3, -0.25) is 0 Å². The molecule has 2 saturated carbocycles. The molecule has 4 nitrogen and oxygen atoms in total. The lowest BCUT2D eigenvalue weighted by Crippen LogP contribution is -2.36. The summed E-state index contributed by atoms with van der Waals surface area (Å²) in [4.78, 5) is 0. The summed E-state index contributed by atoms with van der Waals surface area (Å²) in [5, 5.41) is 0. The summed E-state index contributed by atoms with van der Waals surface area (Å²) >= 11 is 0. The van der Waals surface area contributed by atoms with E-state index in [9.17, 15) is 8.42 Å². The van der Waals surface area contributed by atoms with Crippen LogP contribution in [0.5, 0.6) is 0 Å². The average molecular weight is 309 g/mol. The minimum Gasteiger partial charge on any atom is -0.327 e. The maximum absolute atomic E-state index is 12.4. The third-order valence-corrected chi connectivity index (χ3v) is 7.17. The summed E-state index contributed by atoms with van der Waals surface area (Å²) in [6, 6.07) is 0.224. The van der Waals surface area contributed by atoms with Crippen molar-refractivity contribution in [2.45, 2.75) is 44.6 Å². The average Bonchev–Trinajstić information content (AvgIpc) is 2.97. The predicted octanol–water partition coefficient (Wildman–Crippen LogP) is 1.60. The highest BCUT2D eigenvalue weighted by molar-refractivity contribution is 7.89. The number of sulfonamides is 1. The first-order chi connectivity index (χ1) is 8.56. The monoisotopic (exact) mass is 308 g/mol. The number of fused-ring (bicyclic) bond motifs is 1. The van der Waals surface area contributed by atoms with Gasteiger partial charge in [-0.2, -0.15) is 0 Å². The van der Waals surface area contributed by atoms with Crippen molar-refractivity contribution >= 4 is 22.4 Å². The molecule has 112 valence electrons. The molecule has 3 unspecified atom stereocenters. The summed E-state index contributed by atoms with van der Waals surface area (Å²) in [6.45, 7) is 1.41. The fraction of sp³-hybridized carbons (Fsp3) is 1.00. The van der Waals surface area contributed by atoms with Crippen molar-refractivity contribution in [3.8, 4) is 0 Å². The van der Waals surface area contributed by atoms with Crippen molar-refractivity contribution in [3.05, 3.63) is 0 Å². The van der Waals surface area contributed by atoms with Crippen molar-refractivity contribution in [1.29, 1.82) is 0 Å². The lowest BCUT2D eigenvalue weighted by Gasteiger charge is -2.20. The lowest BCUT2D eigenvalue weighted by atomic mass is 9.98. The first-order valence-corrected chi connectivity index (χ1v) is 8.90. The van der Waals surface area contributed by atoms with Crippen LogP contribution in [0.2, 0.25) is 0 Å². The first-order valence-electron chi connectivity index (χ1n) is 7.29. The van der Waals surface area contributed by atoms with Crippen LogP contribution in [0.25, 0.3) is 0 Å². The molecule has 3 rings (SSSR count). The van der Waals surface area contributed by atoms with Gasteiger partial charge in [-0.25, -0.2) is 12.7 Å². The van der Waals surface area contributed by atoms with Gasteiger partial charge in [-0.15, -0.1) is 12.4 Å². The van der Waals surface area contributed by atoms with Gasteiger partial charge in [-0.1, -0.05) is 12.8 Å². The molecule has 1 heterocycles. The molecular weight excluding hydrogens is 284 g/mol. The Kier molecular flexibility index (Phi) is 4.81. The molecule has 0 aromatic rings. The summed E-state index contributed by atoms with van der Waals surface area (Å²) in [6.07, 6.45) is 6.79. The van der Waals surface area contributed by atoms with E-state index in [2.05, 4.69) is 0 Å². The van der Waals surface area contributed by atoms with Gasteiger partial charge in [0.15, 0.2) is 0 Å². The number of hydrogen-bond acceptors (Lipinski definition) is 3. The number of hydrogen-bond donors (Lipinski definition) is 1. The second kappa shape index (κ2) is 5.88. The van der Waals surface area contributed by atoms with E-state index < -0.39 is 10.0 Å². The highest BCUT2D eigenvalue weighted by Gasteiger charge is 2.44. The van der Waals surface area contributed by atoms with Gasteiger partial charge in [0, 0.05) is 19.1 Å². The predicted molar refractivity (Wildman–Crippen MR) is 78.8 cm³/mol. The van der Waals surface area contributed by atoms with E-state index in [4.69, 9.17) is 5.73 Å². The Morgan fingerprint density at radius 3 is 2.37 bits per heavy atom. The van der Waals surface area contributed by atoms with Crippen molar-refractivity contribution in [2.75, 3.05) is 18.8 Å². The van der Waals surface area contributed by atoms with E-state index in [1.54, 1.807) is 4.31 Å². The van der Waals surface area contributed by atoms with Gasteiger partial charge < -0.3 is 5.73 Å². The normalized spacial score (nSPS) is 36.4. The van der Waals surface area contributed by atoms with Gasteiger partial charge >= 0.3 is 0 Å². The van der Waals surface area contributed by atoms with Crippen LogP contribution >= 0.6 is 12.4 Å². The van der Waals surface area contributed by atoms with Crippen LogP contribution in [-0.4, -0.2) is 37.6 Å². The van der Waals surface area contributed by atoms with Crippen LogP contribution < -0.4 is 5.73 Å². The van der Waals surface area contributed by atoms with Gasteiger partial charge in [0.1, 0.15) is 0 Å².